The van der Waals surface area contributed by atoms with Crippen LogP contribution in [0.4, 0.5) is 0 Å². The van der Waals surface area contributed by atoms with E-state index in [4.69, 9.17) is 10.2 Å². The maximum absolute atomic E-state index is 5.46. The van der Waals surface area contributed by atoms with Gasteiger partial charge >= 0.3 is 0 Å². The molecule has 0 aliphatic heterocycles. The first kappa shape index (κ1) is 60.6. The molecule has 0 atom stereocenters. The summed E-state index contributed by atoms with van der Waals surface area (Å²) in [5, 5.41) is 10.9. The number of hydrogen-bond donors (Lipinski definition) is 0. The minimum absolute atomic E-state index is 0.205. The summed E-state index contributed by atoms with van der Waals surface area (Å²) >= 11 is 0. The molecule has 6 nitrogen and oxygen atoms in total. The molecule has 0 radical (unpaired) electrons. The number of para-hydroxylation sites is 4. The predicted octanol–water partition coefficient (Wildman–Crippen LogP) is 20.9. The smallest absolute Gasteiger partial charge is 0.186 e. The Morgan fingerprint density at radius 2 is 0.581 bits per heavy atom. The average molecular weight is 1140 g/mol. The van der Waals surface area contributed by atoms with Crippen molar-refractivity contribution in [1.82, 2.24) is 9.13 Å². The number of aromatic nitrogens is 4. The Kier molecular flexibility index (Phi) is 18.3. The van der Waals surface area contributed by atoms with Crippen molar-refractivity contribution in [2.24, 2.45) is 10.2 Å². The zero-order chi connectivity index (χ0) is 61.1. The van der Waals surface area contributed by atoms with E-state index in [9.17, 15) is 0 Å². The standard InChI is InChI=1S/C80H90N6/c1-51(2)63-41-29-42-64(52(3)4)75(63)83-71(73(59-33-21-17-22-34-59)85(79(83)61-37-25-19-26-38-61)77-67(55(9)10)45-31-46-68(77)56(11)12)49-81-82-50-72-74(60-35-23-18-24-36-60)86(78-69(57(13)14)47-32-48-70(78)58(15)16)80(62-39-27-20-28-40-62)84(72)76-65(53(5)6)43-30-44-66(76)54(7)8/h17-58H,1-16H3/q+2/b81-49+,82-50+. The fourth-order valence-corrected chi connectivity index (χ4v) is 12.9. The van der Waals surface area contributed by atoms with E-state index in [1.807, 2.05) is 0 Å². The molecule has 2 aromatic heterocycles. The maximum atomic E-state index is 5.46. The topological polar surface area (TPSA) is 42.3 Å². The van der Waals surface area contributed by atoms with Crippen LogP contribution in [-0.4, -0.2) is 21.6 Å². The molecular formula is C80H90N6+2. The first-order valence-corrected chi connectivity index (χ1v) is 31.6. The molecule has 0 unspecified atom stereocenters. The highest BCUT2D eigenvalue weighted by Gasteiger charge is 2.41. The number of benzene rings is 8. The zero-order valence-corrected chi connectivity index (χ0v) is 53.9. The molecule has 438 valence electrons. The summed E-state index contributed by atoms with van der Waals surface area (Å²) in [5.41, 5.74) is 23.3. The molecule has 0 spiro atoms. The van der Waals surface area contributed by atoms with E-state index in [0.717, 1.165) is 56.7 Å². The molecule has 8 aromatic carbocycles. The van der Waals surface area contributed by atoms with Crippen LogP contribution in [0.25, 0.3) is 68.0 Å². The van der Waals surface area contributed by atoms with E-state index in [1.165, 1.54) is 67.3 Å². The van der Waals surface area contributed by atoms with Crippen molar-refractivity contribution < 1.29 is 9.13 Å². The molecule has 86 heavy (non-hydrogen) atoms. The lowest BCUT2D eigenvalue weighted by Crippen LogP contribution is -2.39. The summed E-state index contributed by atoms with van der Waals surface area (Å²) in [6.07, 6.45) is 4.12. The highest BCUT2D eigenvalue weighted by atomic mass is 15.3. The summed E-state index contributed by atoms with van der Waals surface area (Å²) in [7, 11) is 0. The van der Waals surface area contributed by atoms with Gasteiger partial charge in [-0.1, -0.05) is 281 Å². The molecule has 6 heteroatoms. The van der Waals surface area contributed by atoms with Crippen molar-refractivity contribution in [3.8, 4) is 68.0 Å². The van der Waals surface area contributed by atoms with E-state index in [2.05, 4.69) is 336 Å². The summed E-state index contributed by atoms with van der Waals surface area (Å²) in [5.74, 6) is 3.84. The van der Waals surface area contributed by atoms with Gasteiger partial charge in [-0.25, -0.2) is 0 Å². The van der Waals surface area contributed by atoms with Gasteiger partial charge in [0.2, 0.25) is 11.4 Å². The van der Waals surface area contributed by atoms with Crippen LogP contribution < -0.4 is 9.13 Å². The molecule has 10 rings (SSSR count). The Morgan fingerprint density at radius 1 is 0.291 bits per heavy atom. The van der Waals surface area contributed by atoms with Gasteiger partial charge in [-0.2, -0.15) is 28.5 Å². The Morgan fingerprint density at radius 3 is 0.942 bits per heavy atom. The minimum atomic E-state index is 0.205. The third-order valence-corrected chi connectivity index (χ3v) is 17.1. The molecule has 0 N–H and O–H groups in total. The van der Waals surface area contributed by atoms with Crippen molar-refractivity contribution in [3.63, 3.8) is 0 Å². The monoisotopic (exact) mass is 1130 g/mol. The minimum Gasteiger partial charge on any atom is -0.186 e. The van der Waals surface area contributed by atoms with Gasteiger partial charge in [0.05, 0.1) is 11.1 Å². The van der Waals surface area contributed by atoms with Crippen LogP contribution in [0, 0.1) is 0 Å². The number of imidazole rings is 2. The van der Waals surface area contributed by atoms with Gasteiger partial charge in [-0.15, -0.1) is 0 Å². The van der Waals surface area contributed by atoms with Gasteiger partial charge < -0.3 is 0 Å². The molecule has 2 heterocycles. The quantitative estimate of drug-likeness (QED) is 0.0440. The Balaban J connectivity index is 1.43. The van der Waals surface area contributed by atoms with Gasteiger partial charge in [0.15, 0.2) is 11.4 Å². The van der Waals surface area contributed by atoms with Crippen molar-refractivity contribution in [3.05, 3.63) is 250 Å². The fraction of sp³-hybridized carbons (Fsp3) is 0.300. The molecule has 0 saturated carbocycles. The van der Waals surface area contributed by atoms with E-state index in [0.29, 0.717) is 0 Å². The number of nitrogens with zero attached hydrogens (tertiary/aromatic N) is 6. The van der Waals surface area contributed by atoms with Crippen molar-refractivity contribution in [2.45, 2.75) is 158 Å². The van der Waals surface area contributed by atoms with Crippen LogP contribution in [0.3, 0.4) is 0 Å². The maximum Gasteiger partial charge on any atom is 0.300 e. The van der Waals surface area contributed by atoms with Gasteiger partial charge in [0.1, 0.15) is 35.2 Å². The lowest BCUT2D eigenvalue weighted by molar-refractivity contribution is -0.584. The number of rotatable bonds is 19. The molecule has 0 aliphatic carbocycles. The molecule has 0 amide bonds. The van der Waals surface area contributed by atoms with E-state index in [1.54, 1.807) is 0 Å². The van der Waals surface area contributed by atoms with Gasteiger partial charge in [0.25, 0.3) is 11.6 Å². The van der Waals surface area contributed by atoms with Crippen LogP contribution in [0.2, 0.25) is 0 Å². The Hall–Kier alpha value is -8.48. The number of hydrogen-bond acceptors (Lipinski definition) is 2. The van der Waals surface area contributed by atoms with E-state index >= 15 is 0 Å². The molecule has 0 fully saturated rings. The average Bonchev–Trinajstić information content (AvgIpc) is 1.57. The largest absolute Gasteiger partial charge is 0.300 e. The second kappa shape index (κ2) is 26.0. The normalized spacial score (nSPS) is 12.2. The van der Waals surface area contributed by atoms with E-state index in [-0.39, 0.29) is 47.3 Å². The first-order valence-electron chi connectivity index (χ1n) is 31.6. The molecule has 0 bridgehead atoms. The molecule has 0 saturated heterocycles. The summed E-state index contributed by atoms with van der Waals surface area (Å²) in [6.45, 7) is 37.2. The Bertz CT molecular complexity index is 3670. The highest BCUT2D eigenvalue weighted by Crippen LogP contribution is 2.44. The van der Waals surface area contributed by atoms with Crippen LogP contribution in [0.15, 0.2) is 204 Å². The van der Waals surface area contributed by atoms with Gasteiger partial charge in [0, 0.05) is 55.6 Å². The summed E-state index contributed by atoms with van der Waals surface area (Å²) < 4.78 is 10.3. The van der Waals surface area contributed by atoms with E-state index < -0.39 is 0 Å². The lowest BCUT2D eigenvalue weighted by atomic mass is 9.91. The third kappa shape index (κ3) is 11.6. The second-order valence-corrected chi connectivity index (χ2v) is 25.8. The fourth-order valence-electron chi connectivity index (χ4n) is 12.9. The van der Waals surface area contributed by atoms with Crippen LogP contribution in [0.1, 0.15) is 214 Å². The molecule has 10 aromatic rings. The lowest BCUT2D eigenvalue weighted by Gasteiger charge is -2.20. The third-order valence-electron chi connectivity index (χ3n) is 17.1. The van der Waals surface area contributed by atoms with Crippen molar-refractivity contribution in [2.75, 3.05) is 0 Å². The van der Waals surface area contributed by atoms with Crippen LogP contribution >= 0.6 is 0 Å². The molecular weight excluding hydrogens is 1040 g/mol. The van der Waals surface area contributed by atoms with Crippen LogP contribution in [0.5, 0.6) is 0 Å². The highest BCUT2D eigenvalue weighted by molar-refractivity contribution is 5.92. The predicted molar refractivity (Wildman–Crippen MR) is 364 cm³/mol. The SMILES string of the molecule is CC(C)c1cccc(C(C)C)c1-n1c(-c2ccccc2)c(/C=N/N=C/c2c(-c3ccccc3)[n+](-c3c(C(C)C)cccc3C(C)C)c(-c3ccccc3)n2-c2c(C(C)C)cccc2C(C)C)[n+](-c2c(C(C)C)cccc2C(C)C)c1-c1ccccc1. The Labute approximate surface area is 514 Å². The second-order valence-electron chi connectivity index (χ2n) is 25.8. The van der Waals surface area contributed by atoms with Crippen molar-refractivity contribution in [1.29, 1.82) is 0 Å². The molecule has 0 aliphatic rings. The van der Waals surface area contributed by atoms with Crippen LogP contribution in [-0.2, 0) is 0 Å². The van der Waals surface area contributed by atoms with Gasteiger partial charge in [-0.05, 0) is 71.6 Å². The summed E-state index contributed by atoms with van der Waals surface area (Å²) in [4.78, 5) is 0. The zero-order valence-electron chi connectivity index (χ0n) is 53.9. The summed E-state index contributed by atoms with van der Waals surface area (Å²) in [6, 6.07) is 71.6. The first-order chi connectivity index (χ1) is 41.4. The van der Waals surface area contributed by atoms with Crippen molar-refractivity contribution >= 4 is 12.4 Å². The van der Waals surface area contributed by atoms with Gasteiger partial charge in [-0.3, -0.25) is 0 Å².